The van der Waals surface area contributed by atoms with Crippen LogP contribution >= 0.6 is 0 Å². The Hall–Kier alpha value is -2.73. The summed E-state index contributed by atoms with van der Waals surface area (Å²) < 4.78 is 2.08. The van der Waals surface area contributed by atoms with Gasteiger partial charge in [-0.1, -0.05) is 24.3 Å². The molecule has 0 spiro atoms. The average Bonchev–Trinajstić information content (AvgIpc) is 3.12. The van der Waals surface area contributed by atoms with Crippen LogP contribution in [0.3, 0.4) is 0 Å². The molecule has 3 aromatic rings. The van der Waals surface area contributed by atoms with Gasteiger partial charge in [-0.2, -0.15) is 0 Å². The maximum atomic E-state index is 12.2. The molecule has 1 saturated heterocycles. The van der Waals surface area contributed by atoms with E-state index in [-0.39, 0.29) is 5.91 Å². The molecule has 0 radical (unpaired) electrons. The molecule has 6 nitrogen and oxygen atoms in total. The van der Waals surface area contributed by atoms with Gasteiger partial charge in [-0.25, -0.2) is 0 Å². The molecule has 0 bridgehead atoms. The summed E-state index contributed by atoms with van der Waals surface area (Å²) in [6, 6.07) is 15.6. The molecule has 3 heterocycles. The van der Waals surface area contributed by atoms with Gasteiger partial charge in [0.2, 0.25) is 5.91 Å². The SMILES string of the molecule is O=C(CCN1CCC[C@H](c2nnc3ccccn23)C1)Nc1ccccc1. The van der Waals surface area contributed by atoms with Gasteiger partial charge in [0.25, 0.3) is 0 Å². The molecule has 1 amide bonds. The van der Waals surface area contributed by atoms with E-state index in [2.05, 4.69) is 24.8 Å². The van der Waals surface area contributed by atoms with Crippen molar-refractivity contribution in [2.24, 2.45) is 0 Å². The van der Waals surface area contributed by atoms with Crippen LogP contribution in [0.4, 0.5) is 5.69 Å². The Labute approximate surface area is 152 Å². The van der Waals surface area contributed by atoms with Gasteiger partial charge < -0.3 is 10.2 Å². The van der Waals surface area contributed by atoms with Crippen LogP contribution in [0.1, 0.15) is 31.0 Å². The highest BCUT2D eigenvalue weighted by Crippen LogP contribution is 2.26. The van der Waals surface area contributed by atoms with Gasteiger partial charge in [-0.3, -0.25) is 9.20 Å². The van der Waals surface area contributed by atoms with Crippen LogP contribution in [-0.2, 0) is 4.79 Å². The summed E-state index contributed by atoms with van der Waals surface area (Å²) in [5, 5.41) is 11.6. The molecular weight excluding hydrogens is 326 g/mol. The zero-order valence-electron chi connectivity index (χ0n) is 14.7. The van der Waals surface area contributed by atoms with Gasteiger partial charge in [0, 0.05) is 37.3 Å². The number of anilines is 1. The molecule has 1 fully saturated rings. The van der Waals surface area contributed by atoms with E-state index in [1.165, 1.54) is 0 Å². The number of nitrogens with zero attached hydrogens (tertiary/aromatic N) is 4. The van der Waals surface area contributed by atoms with E-state index in [0.29, 0.717) is 12.3 Å². The summed E-state index contributed by atoms with van der Waals surface area (Å²) in [6.45, 7) is 2.73. The van der Waals surface area contributed by atoms with Crippen molar-refractivity contribution in [2.45, 2.75) is 25.2 Å². The first-order valence-corrected chi connectivity index (χ1v) is 9.16. The zero-order chi connectivity index (χ0) is 17.8. The Balaban J connectivity index is 1.34. The molecule has 2 aromatic heterocycles. The highest BCUT2D eigenvalue weighted by molar-refractivity contribution is 5.90. The van der Waals surface area contributed by atoms with E-state index in [0.717, 1.165) is 49.6 Å². The lowest BCUT2D eigenvalue weighted by Crippen LogP contribution is -2.37. The molecule has 1 aromatic carbocycles. The number of benzene rings is 1. The van der Waals surface area contributed by atoms with E-state index in [4.69, 9.17) is 0 Å². The highest BCUT2D eigenvalue weighted by atomic mass is 16.1. The minimum absolute atomic E-state index is 0.0613. The first-order chi connectivity index (χ1) is 12.8. The summed E-state index contributed by atoms with van der Waals surface area (Å²) in [5.74, 6) is 1.45. The second kappa shape index (κ2) is 7.66. The Morgan fingerprint density at radius 3 is 2.85 bits per heavy atom. The van der Waals surface area contributed by atoms with E-state index in [1.807, 2.05) is 54.7 Å². The van der Waals surface area contributed by atoms with Gasteiger partial charge in [0.15, 0.2) is 5.65 Å². The van der Waals surface area contributed by atoms with Crippen LogP contribution < -0.4 is 5.32 Å². The number of hydrogen-bond donors (Lipinski definition) is 1. The van der Waals surface area contributed by atoms with Crippen molar-refractivity contribution in [3.05, 3.63) is 60.6 Å². The number of piperidine rings is 1. The van der Waals surface area contributed by atoms with Crippen molar-refractivity contribution in [1.82, 2.24) is 19.5 Å². The largest absolute Gasteiger partial charge is 0.326 e. The van der Waals surface area contributed by atoms with Crippen LogP contribution in [0.2, 0.25) is 0 Å². The molecule has 0 unspecified atom stereocenters. The van der Waals surface area contributed by atoms with E-state index in [9.17, 15) is 4.79 Å². The second-order valence-electron chi connectivity index (χ2n) is 6.79. The van der Waals surface area contributed by atoms with Gasteiger partial charge in [-0.05, 0) is 43.7 Å². The van der Waals surface area contributed by atoms with Gasteiger partial charge in [-0.15, -0.1) is 10.2 Å². The van der Waals surface area contributed by atoms with Crippen LogP contribution in [0.15, 0.2) is 54.7 Å². The van der Waals surface area contributed by atoms with Crippen LogP contribution in [-0.4, -0.2) is 45.0 Å². The molecule has 1 aliphatic rings. The number of rotatable bonds is 5. The molecule has 1 N–H and O–H groups in total. The third-order valence-corrected chi connectivity index (χ3v) is 4.92. The summed E-state index contributed by atoms with van der Waals surface area (Å²) in [7, 11) is 0. The number of aromatic nitrogens is 3. The standard InChI is InChI=1S/C20H23N5O/c26-19(21-17-8-2-1-3-9-17)11-14-24-12-6-7-16(15-24)20-23-22-18-10-4-5-13-25(18)20/h1-5,8-10,13,16H,6-7,11-12,14-15H2,(H,21,26)/t16-/m0/s1. The Morgan fingerprint density at radius 2 is 1.96 bits per heavy atom. The number of para-hydroxylation sites is 1. The average molecular weight is 349 g/mol. The minimum atomic E-state index is 0.0613. The van der Waals surface area contributed by atoms with Crippen molar-refractivity contribution in [1.29, 1.82) is 0 Å². The first-order valence-electron chi connectivity index (χ1n) is 9.16. The predicted molar refractivity (Wildman–Crippen MR) is 101 cm³/mol. The third-order valence-electron chi connectivity index (χ3n) is 4.92. The molecular formula is C20H23N5O. The smallest absolute Gasteiger partial charge is 0.225 e. The summed E-state index contributed by atoms with van der Waals surface area (Å²) in [5.41, 5.74) is 1.74. The van der Waals surface area contributed by atoms with Crippen LogP contribution in [0.25, 0.3) is 5.65 Å². The topological polar surface area (TPSA) is 62.5 Å². The molecule has 0 aliphatic carbocycles. The Bertz CT molecular complexity index is 876. The maximum Gasteiger partial charge on any atom is 0.225 e. The number of likely N-dealkylation sites (tertiary alicyclic amines) is 1. The first kappa shape index (κ1) is 16.7. The molecule has 1 atom stereocenters. The molecule has 1 aliphatic heterocycles. The van der Waals surface area contributed by atoms with Crippen molar-refractivity contribution >= 4 is 17.2 Å². The minimum Gasteiger partial charge on any atom is -0.326 e. The van der Waals surface area contributed by atoms with Crippen molar-refractivity contribution in [2.75, 3.05) is 25.0 Å². The van der Waals surface area contributed by atoms with Crippen LogP contribution in [0, 0.1) is 0 Å². The second-order valence-corrected chi connectivity index (χ2v) is 6.79. The quantitative estimate of drug-likeness (QED) is 0.769. The lowest BCUT2D eigenvalue weighted by atomic mass is 9.97. The number of fused-ring (bicyclic) bond motifs is 1. The third kappa shape index (κ3) is 3.75. The lowest BCUT2D eigenvalue weighted by molar-refractivity contribution is -0.116. The normalized spacial score (nSPS) is 18.1. The van der Waals surface area contributed by atoms with Gasteiger partial charge in [0.05, 0.1) is 0 Å². The van der Waals surface area contributed by atoms with Crippen molar-refractivity contribution < 1.29 is 4.79 Å². The highest BCUT2D eigenvalue weighted by Gasteiger charge is 2.25. The molecule has 6 heteroatoms. The fraction of sp³-hybridized carbons (Fsp3) is 0.350. The summed E-state index contributed by atoms with van der Waals surface area (Å²) in [6.07, 6.45) is 4.76. The fourth-order valence-electron chi connectivity index (χ4n) is 3.61. The van der Waals surface area contributed by atoms with Gasteiger partial charge in [0.1, 0.15) is 5.82 Å². The molecule has 0 saturated carbocycles. The van der Waals surface area contributed by atoms with Gasteiger partial charge >= 0.3 is 0 Å². The number of hydrogen-bond acceptors (Lipinski definition) is 4. The van der Waals surface area contributed by atoms with Crippen molar-refractivity contribution in [3.8, 4) is 0 Å². The number of amides is 1. The summed E-state index contributed by atoms with van der Waals surface area (Å²) in [4.78, 5) is 14.5. The zero-order valence-corrected chi connectivity index (χ0v) is 14.7. The lowest BCUT2D eigenvalue weighted by Gasteiger charge is -2.31. The summed E-state index contributed by atoms with van der Waals surface area (Å²) >= 11 is 0. The molecule has 134 valence electrons. The Morgan fingerprint density at radius 1 is 1.12 bits per heavy atom. The fourth-order valence-corrected chi connectivity index (χ4v) is 3.61. The monoisotopic (exact) mass is 349 g/mol. The predicted octanol–water partition coefficient (Wildman–Crippen LogP) is 2.94. The van der Waals surface area contributed by atoms with E-state index in [1.54, 1.807) is 0 Å². The molecule has 26 heavy (non-hydrogen) atoms. The number of carbonyl (C=O) groups excluding carboxylic acids is 1. The van der Waals surface area contributed by atoms with Crippen molar-refractivity contribution in [3.63, 3.8) is 0 Å². The maximum absolute atomic E-state index is 12.2. The van der Waals surface area contributed by atoms with E-state index < -0.39 is 0 Å². The number of nitrogens with one attached hydrogen (secondary N) is 1. The number of pyridine rings is 1. The molecule has 4 rings (SSSR count). The Kier molecular flexibility index (Phi) is 4.93. The van der Waals surface area contributed by atoms with E-state index >= 15 is 0 Å². The van der Waals surface area contributed by atoms with Crippen LogP contribution in [0.5, 0.6) is 0 Å². The number of carbonyl (C=O) groups is 1.